The van der Waals surface area contributed by atoms with Gasteiger partial charge in [0.15, 0.2) is 0 Å². The fourth-order valence-electron chi connectivity index (χ4n) is 4.59. The van der Waals surface area contributed by atoms with Gasteiger partial charge in [0.2, 0.25) is 0 Å². The molecule has 2 aromatic carbocycles. The minimum Gasteiger partial charge on any atom is -0.316 e. The number of rotatable bonds is 5. The van der Waals surface area contributed by atoms with Crippen molar-refractivity contribution in [3.05, 3.63) is 89.5 Å². The van der Waals surface area contributed by atoms with Gasteiger partial charge in [-0.05, 0) is 62.1 Å². The van der Waals surface area contributed by atoms with E-state index in [1.54, 1.807) is 18.6 Å². The number of urea groups is 1. The molecule has 5 nitrogen and oxygen atoms in total. The molecule has 0 atom stereocenters. The summed E-state index contributed by atoms with van der Waals surface area (Å²) in [6.07, 6.45) is 9.23. The molecule has 1 saturated carbocycles. The molecule has 1 aromatic heterocycles. The van der Waals surface area contributed by atoms with Crippen LogP contribution in [-0.2, 0) is 6.54 Å². The van der Waals surface area contributed by atoms with E-state index in [4.69, 9.17) is 0 Å². The van der Waals surface area contributed by atoms with Gasteiger partial charge in [-0.15, -0.1) is 0 Å². The molecular weight excluding hydrogens is 384 g/mol. The van der Waals surface area contributed by atoms with Gasteiger partial charge in [0.1, 0.15) is 0 Å². The molecule has 31 heavy (non-hydrogen) atoms. The Bertz CT molecular complexity index is 978. The lowest BCUT2D eigenvalue weighted by atomic mass is 9.81. The van der Waals surface area contributed by atoms with Gasteiger partial charge in [-0.25, -0.2) is 4.79 Å². The maximum Gasteiger partial charge on any atom is 0.322 e. The van der Waals surface area contributed by atoms with Crippen LogP contribution in [0.1, 0.15) is 54.0 Å². The summed E-state index contributed by atoms with van der Waals surface area (Å²) in [5.41, 5.74) is 5.25. The summed E-state index contributed by atoms with van der Waals surface area (Å²) in [6, 6.07) is 16.9. The van der Waals surface area contributed by atoms with Gasteiger partial charge in [-0.1, -0.05) is 48.5 Å². The van der Waals surface area contributed by atoms with Crippen LogP contribution in [0.15, 0.2) is 67.1 Å². The second kappa shape index (κ2) is 9.73. The highest BCUT2D eigenvalue weighted by atomic mass is 16.2. The number of aromatic nitrogens is 2. The highest BCUT2D eigenvalue weighted by molar-refractivity contribution is 5.91. The number of carbonyl (C=O) groups is 1. The third-order valence-electron chi connectivity index (χ3n) is 6.33. The SMILES string of the molecule is Cc1cccc(C)c1NC(=O)N(Cc1cnccn1)[C@H]1CC[C@H](c2ccccc2)CC1. The van der Waals surface area contributed by atoms with Crippen molar-refractivity contribution in [1.29, 1.82) is 0 Å². The molecule has 5 heteroatoms. The van der Waals surface area contributed by atoms with Gasteiger partial charge in [0.05, 0.1) is 18.4 Å². The predicted octanol–water partition coefficient (Wildman–Crippen LogP) is 5.85. The van der Waals surface area contributed by atoms with E-state index in [1.807, 2.05) is 36.9 Å². The lowest BCUT2D eigenvalue weighted by molar-refractivity contribution is 0.157. The normalized spacial score (nSPS) is 18.4. The number of amides is 2. The Kier molecular flexibility index (Phi) is 6.60. The van der Waals surface area contributed by atoms with Crippen LogP contribution in [0.3, 0.4) is 0 Å². The Labute approximate surface area is 184 Å². The zero-order valence-electron chi connectivity index (χ0n) is 18.3. The van der Waals surface area contributed by atoms with E-state index >= 15 is 0 Å². The van der Waals surface area contributed by atoms with Crippen LogP contribution >= 0.6 is 0 Å². The topological polar surface area (TPSA) is 58.1 Å². The van der Waals surface area contributed by atoms with Crippen molar-refractivity contribution in [3.8, 4) is 0 Å². The standard InChI is InChI=1S/C26H30N4O/c1-19-7-6-8-20(2)25(19)29-26(31)30(18-23-17-27-15-16-28-23)24-13-11-22(12-14-24)21-9-4-3-5-10-21/h3-10,15-17,22,24H,11-14,18H2,1-2H3,(H,29,31)/t22-,24-. The first-order valence-corrected chi connectivity index (χ1v) is 11.1. The molecule has 0 aliphatic heterocycles. The summed E-state index contributed by atoms with van der Waals surface area (Å²) in [4.78, 5) is 24.0. The van der Waals surface area contributed by atoms with Crippen LogP contribution in [0, 0.1) is 13.8 Å². The molecule has 0 saturated heterocycles. The third kappa shape index (κ3) is 5.10. The highest BCUT2D eigenvalue weighted by Crippen LogP contribution is 2.35. The van der Waals surface area contributed by atoms with E-state index < -0.39 is 0 Å². The third-order valence-corrected chi connectivity index (χ3v) is 6.33. The summed E-state index contributed by atoms with van der Waals surface area (Å²) in [7, 11) is 0. The van der Waals surface area contributed by atoms with Gasteiger partial charge >= 0.3 is 6.03 Å². The van der Waals surface area contributed by atoms with Crippen LogP contribution in [0.5, 0.6) is 0 Å². The fraction of sp³-hybridized carbons (Fsp3) is 0.346. The van der Waals surface area contributed by atoms with E-state index in [9.17, 15) is 4.79 Å². The first-order valence-electron chi connectivity index (χ1n) is 11.1. The van der Waals surface area contributed by atoms with Gasteiger partial charge in [0.25, 0.3) is 0 Å². The van der Waals surface area contributed by atoms with Crippen molar-refractivity contribution in [2.45, 2.75) is 58.0 Å². The predicted molar refractivity (Wildman–Crippen MR) is 124 cm³/mol. The molecule has 0 bridgehead atoms. The number of hydrogen-bond acceptors (Lipinski definition) is 3. The van der Waals surface area contributed by atoms with E-state index in [-0.39, 0.29) is 12.1 Å². The number of benzene rings is 2. The largest absolute Gasteiger partial charge is 0.322 e. The van der Waals surface area contributed by atoms with Crippen molar-refractivity contribution >= 4 is 11.7 Å². The fourth-order valence-corrected chi connectivity index (χ4v) is 4.59. The Morgan fingerprint density at radius 2 is 1.68 bits per heavy atom. The molecular formula is C26H30N4O. The minimum atomic E-state index is -0.0637. The zero-order valence-corrected chi connectivity index (χ0v) is 18.3. The van der Waals surface area contributed by atoms with Crippen LogP contribution < -0.4 is 5.32 Å². The van der Waals surface area contributed by atoms with Crippen LogP contribution in [0.2, 0.25) is 0 Å². The number of anilines is 1. The molecule has 0 unspecified atom stereocenters. The maximum atomic E-state index is 13.4. The molecule has 160 valence electrons. The summed E-state index contributed by atoms with van der Waals surface area (Å²) >= 11 is 0. The molecule has 1 aliphatic carbocycles. The lowest BCUT2D eigenvalue weighted by Gasteiger charge is -2.37. The van der Waals surface area contributed by atoms with Crippen LogP contribution in [0.4, 0.5) is 10.5 Å². The second-order valence-corrected chi connectivity index (χ2v) is 8.44. The van der Waals surface area contributed by atoms with Crippen LogP contribution in [0.25, 0.3) is 0 Å². The smallest absolute Gasteiger partial charge is 0.316 e. The van der Waals surface area contributed by atoms with E-state index in [2.05, 4.69) is 45.6 Å². The number of nitrogens with zero attached hydrogens (tertiary/aromatic N) is 3. The van der Waals surface area contributed by atoms with E-state index in [0.29, 0.717) is 12.5 Å². The number of nitrogens with one attached hydrogen (secondary N) is 1. The van der Waals surface area contributed by atoms with E-state index in [1.165, 1.54) is 5.56 Å². The molecule has 1 aliphatic rings. The lowest BCUT2D eigenvalue weighted by Crippen LogP contribution is -2.44. The van der Waals surface area contributed by atoms with E-state index in [0.717, 1.165) is 48.2 Å². The first kappa shape index (κ1) is 21.0. The number of carbonyl (C=O) groups excluding carboxylic acids is 1. The summed E-state index contributed by atoms with van der Waals surface area (Å²) in [5.74, 6) is 0.567. The zero-order chi connectivity index (χ0) is 21.6. The number of aryl methyl sites for hydroxylation is 2. The summed E-state index contributed by atoms with van der Waals surface area (Å²) < 4.78 is 0. The average Bonchev–Trinajstić information content (AvgIpc) is 2.81. The molecule has 1 heterocycles. The van der Waals surface area contributed by atoms with Gasteiger partial charge in [-0.3, -0.25) is 9.97 Å². The molecule has 0 spiro atoms. The van der Waals surface area contributed by atoms with Crippen molar-refractivity contribution < 1.29 is 4.79 Å². The number of hydrogen-bond donors (Lipinski definition) is 1. The second-order valence-electron chi connectivity index (χ2n) is 8.44. The Hall–Kier alpha value is -3.21. The highest BCUT2D eigenvalue weighted by Gasteiger charge is 2.30. The quantitative estimate of drug-likeness (QED) is 0.569. The van der Waals surface area contributed by atoms with Crippen molar-refractivity contribution in [2.24, 2.45) is 0 Å². The Balaban J connectivity index is 1.51. The van der Waals surface area contributed by atoms with Gasteiger partial charge in [0, 0.05) is 24.1 Å². The van der Waals surface area contributed by atoms with Crippen molar-refractivity contribution in [3.63, 3.8) is 0 Å². The first-order chi connectivity index (χ1) is 15.1. The van der Waals surface area contributed by atoms with Crippen LogP contribution in [-0.4, -0.2) is 26.9 Å². The van der Waals surface area contributed by atoms with Crippen molar-refractivity contribution in [1.82, 2.24) is 14.9 Å². The summed E-state index contributed by atoms with van der Waals surface area (Å²) in [5, 5.41) is 3.18. The average molecular weight is 415 g/mol. The summed E-state index contributed by atoms with van der Waals surface area (Å²) in [6.45, 7) is 4.52. The minimum absolute atomic E-state index is 0.0637. The molecule has 4 rings (SSSR count). The molecule has 2 amide bonds. The molecule has 0 radical (unpaired) electrons. The van der Waals surface area contributed by atoms with Crippen molar-refractivity contribution in [2.75, 3.05) is 5.32 Å². The Morgan fingerprint density at radius 3 is 2.32 bits per heavy atom. The molecule has 1 fully saturated rings. The van der Waals surface area contributed by atoms with Gasteiger partial charge < -0.3 is 10.2 Å². The maximum absolute atomic E-state index is 13.4. The van der Waals surface area contributed by atoms with Gasteiger partial charge in [-0.2, -0.15) is 0 Å². The molecule has 3 aromatic rings. The molecule has 1 N–H and O–H groups in total. The number of para-hydroxylation sites is 1. The Morgan fingerprint density at radius 1 is 0.968 bits per heavy atom. The monoisotopic (exact) mass is 414 g/mol.